The molecule has 15 heavy (non-hydrogen) atoms. The van der Waals surface area contributed by atoms with Gasteiger partial charge in [0.1, 0.15) is 0 Å². The van der Waals surface area contributed by atoms with Crippen molar-refractivity contribution in [3.05, 3.63) is 6.42 Å². The van der Waals surface area contributed by atoms with Gasteiger partial charge in [0, 0.05) is 0 Å². The molecule has 0 aromatic heterocycles. The van der Waals surface area contributed by atoms with Gasteiger partial charge in [0.05, 0.1) is 12.2 Å². The summed E-state index contributed by atoms with van der Waals surface area (Å²) >= 11 is 0. The number of halogens is 1. The van der Waals surface area contributed by atoms with Crippen LogP contribution in [-0.2, 0) is 32.4 Å². The predicted octanol–water partition coefficient (Wildman–Crippen LogP) is 0.484. The number of hydrogen-bond donors (Lipinski definition) is 0. The van der Waals surface area contributed by atoms with Crippen LogP contribution in [0.4, 0.5) is 0 Å². The van der Waals surface area contributed by atoms with Crippen molar-refractivity contribution < 1.29 is 44.8 Å². The van der Waals surface area contributed by atoms with Crippen LogP contribution in [-0.4, -0.2) is 12.2 Å². The number of ether oxygens (including phenoxy) is 1. The fourth-order valence-electron chi connectivity index (χ4n) is 2.48. The third kappa shape index (κ3) is 5.88. The van der Waals surface area contributed by atoms with E-state index in [4.69, 9.17) is 4.74 Å². The zero-order chi connectivity index (χ0) is 8.93. The second-order valence-corrected chi connectivity index (χ2v) is 4.45. The quantitative estimate of drug-likeness (QED) is 0.595. The number of hydrogen-bond acceptors (Lipinski definition) is 1. The average Bonchev–Trinajstić information content (AvgIpc) is 2.21. The van der Waals surface area contributed by atoms with Gasteiger partial charge in [-0.3, -0.25) is 0 Å². The van der Waals surface area contributed by atoms with Gasteiger partial charge in [-0.05, 0) is 32.1 Å². The molecule has 0 heterocycles. The SMILES string of the molecule is [CH]1CCCC[C@@H]1OC1CCCCC1.[Cl-].[Hg+]. The van der Waals surface area contributed by atoms with Gasteiger partial charge in [0.25, 0.3) is 0 Å². The van der Waals surface area contributed by atoms with Gasteiger partial charge in [-0.25, -0.2) is 0 Å². The van der Waals surface area contributed by atoms with Crippen molar-refractivity contribution >= 4 is 0 Å². The molecule has 2 saturated carbocycles. The largest absolute Gasteiger partial charge is 1.00 e. The van der Waals surface area contributed by atoms with E-state index in [0.717, 1.165) is 0 Å². The smallest absolute Gasteiger partial charge is 1.00 e. The molecular formula is C12H21ClHgO. The first-order valence-electron chi connectivity index (χ1n) is 5.94. The summed E-state index contributed by atoms with van der Waals surface area (Å²) in [7, 11) is 0. The summed E-state index contributed by atoms with van der Waals surface area (Å²) in [6.07, 6.45) is 15.6. The van der Waals surface area contributed by atoms with E-state index in [1.165, 1.54) is 57.8 Å². The molecule has 2 fully saturated rings. The van der Waals surface area contributed by atoms with Crippen molar-refractivity contribution in [3.63, 3.8) is 0 Å². The van der Waals surface area contributed by atoms with E-state index in [9.17, 15) is 0 Å². The Bertz CT molecular complexity index is 127. The summed E-state index contributed by atoms with van der Waals surface area (Å²) < 4.78 is 6.08. The Morgan fingerprint density at radius 1 is 0.867 bits per heavy atom. The molecule has 0 aromatic carbocycles. The zero-order valence-electron chi connectivity index (χ0n) is 9.59. The van der Waals surface area contributed by atoms with Gasteiger partial charge in [0.15, 0.2) is 0 Å². The van der Waals surface area contributed by atoms with Crippen LogP contribution in [0, 0.1) is 6.42 Å². The van der Waals surface area contributed by atoms with Crippen LogP contribution >= 0.6 is 0 Å². The van der Waals surface area contributed by atoms with Gasteiger partial charge in [-0.15, -0.1) is 0 Å². The molecule has 84 valence electrons. The van der Waals surface area contributed by atoms with Crippen molar-refractivity contribution in [2.75, 3.05) is 0 Å². The van der Waals surface area contributed by atoms with E-state index >= 15 is 0 Å². The van der Waals surface area contributed by atoms with Crippen LogP contribution in [0.1, 0.15) is 57.8 Å². The second-order valence-electron chi connectivity index (χ2n) is 4.45. The van der Waals surface area contributed by atoms with E-state index in [-0.39, 0.29) is 40.1 Å². The maximum absolute atomic E-state index is 6.08. The normalized spacial score (nSPS) is 24.0. The predicted molar refractivity (Wildman–Crippen MR) is 54.5 cm³/mol. The number of rotatable bonds is 2. The van der Waals surface area contributed by atoms with Crippen LogP contribution in [0.2, 0.25) is 0 Å². The van der Waals surface area contributed by atoms with E-state index < -0.39 is 0 Å². The topological polar surface area (TPSA) is 9.23 Å². The van der Waals surface area contributed by atoms with Crippen molar-refractivity contribution in [2.24, 2.45) is 0 Å². The minimum Gasteiger partial charge on any atom is -1.00 e. The third-order valence-electron chi connectivity index (χ3n) is 3.29. The summed E-state index contributed by atoms with van der Waals surface area (Å²) in [5.41, 5.74) is 0. The molecular weight excluding hydrogens is 396 g/mol. The maximum Gasteiger partial charge on any atom is 1.00 e. The van der Waals surface area contributed by atoms with Crippen molar-refractivity contribution in [1.82, 2.24) is 0 Å². The van der Waals surface area contributed by atoms with E-state index in [0.29, 0.717) is 12.2 Å². The minimum atomic E-state index is 0. The molecule has 0 N–H and O–H groups in total. The summed E-state index contributed by atoms with van der Waals surface area (Å²) in [6, 6.07) is 0. The van der Waals surface area contributed by atoms with Crippen LogP contribution in [0.15, 0.2) is 0 Å². The van der Waals surface area contributed by atoms with Crippen LogP contribution in [0.5, 0.6) is 0 Å². The molecule has 1 nitrogen and oxygen atoms in total. The van der Waals surface area contributed by atoms with Crippen LogP contribution in [0.25, 0.3) is 0 Å². The first-order valence-corrected chi connectivity index (χ1v) is 5.94. The van der Waals surface area contributed by atoms with E-state index in [1.807, 2.05) is 0 Å². The molecule has 0 aliphatic heterocycles. The summed E-state index contributed by atoms with van der Waals surface area (Å²) in [5.74, 6) is 0. The monoisotopic (exact) mass is 418 g/mol. The fourth-order valence-corrected chi connectivity index (χ4v) is 2.48. The maximum atomic E-state index is 6.08. The van der Waals surface area contributed by atoms with Gasteiger partial charge >= 0.3 is 27.7 Å². The Hall–Kier alpha value is 1.19. The Kier molecular flexibility index (Phi) is 9.97. The molecule has 0 spiro atoms. The molecule has 3 heteroatoms. The third-order valence-corrected chi connectivity index (χ3v) is 3.29. The van der Waals surface area contributed by atoms with Gasteiger partial charge < -0.3 is 17.1 Å². The van der Waals surface area contributed by atoms with Crippen LogP contribution in [0.3, 0.4) is 0 Å². The van der Waals surface area contributed by atoms with Gasteiger partial charge in [-0.1, -0.05) is 32.1 Å². The Labute approximate surface area is 121 Å². The summed E-state index contributed by atoms with van der Waals surface area (Å²) in [4.78, 5) is 0. The van der Waals surface area contributed by atoms with Crippen molar-refractivity contribution in [2.45, 2.75) is 70.0 Å². The molecule has 2 radical (unpaired) electrons. The molecule has 0 saturated heterocycles. The van der Waals surface area contributed by atoms with Crippen LogP contribution < -0.4 is 12.4 Å². The Morgan fingerprint density at radius 3 is 2.13 bits per heavy atom. The van der Waals surface area contributed by atoms with E-state index in [2.05, 4.69) is 6.42 Å². The molecule has 2 rings (SSSR count). The minimum absolute atomic E-state index is 0. The molecule has 0 bridgehead atoms. The standard InChI is InChI=1S/C12H21O.ClH.Hg/c1-3-7-11(8-4-1)13-12-9-5-2-6-10-12;;/h7,11-12H,1-6,8-10H2;1H;/q;;+1/p-1/t11-;;/m1../s1. The zero-order valence-corrected chi connectivity index (χ0v) is 15.8. The fraction of sp³-hybridized carbons (Fsp3) is 0.917. The van der Waals surface area contributed by atoms with Gasteiger partial charge in [-0.2, -0.15) is 0 Å². The molecule has 0 amide bonds. The summed E-state index contributed by atoms with van der Waals surface area (Å²) in [5, 5.41) is 0. The van der Waals surface area contributed by atoms with Crippen molar-refractivity contribution in [1.29, 1.82) is 0 Å². The molecule has 1 atom stereocenters. The first-order chi connectivity index (χ1) is 6.45. The molecule has 0 aromatic rings. The Morgan fingerprint density at radius 2 is 1.53 bits per heavy atom. The van der Waals surface area contributed by atoms with E-state index in [1.54, 1.807) is 0 Å². The second kappa shape index (κ2) is 9.24. The van der Waals surface area contributed by atoms with Crippen molar-refractivity contribution in [3.8, 4) is 0 Å². The summed E-state index contributed by atoms with van der Waals surface area (Å²) in [6.45, 7) is 0. The average molecular weight is 417 g/mol. The molecule has 2 aliphatic rings. The Balaban J connectivity index is 0.000000980. The first kappa shape index (κ1) is 16.2. The molecule has 2 aliphatic carbocycles. The molecule has 0 unspecified atom stereocenters. The van der Waals surface area contributed by atoms with Gasteiger partial charge in [0.2, 0.25) is 0 Å².